The first-order valence-electron chi connectivity index (χ1n) is 7.06. The van der Waals surface area contributed by atoms with Gasteiger partial charge >= 0.3 is 6.09 Å². The van der Waals surface area contributed by atoms with E-state index < -0.39 is 18.2 Å². The summed E-state index contributed by atoms with van der Waals surface area (Å²) in [4.78, 5) is 22.0. The third-order valence-electron chi connectivity index (χ3n) is 3.59. The highest BCUT2D eigenvalue weighted by Crippen LogP contribution is 2.10. The zero-order valence-corrected chi connectivity index (χ0v) is 12.1. The molecule has 0 aromatic rings. The Labute approximate surface area is 119 Å². The van der Waals surface area contributed by atoms with E-state index in [1.54, 1.807) is 6.92 Å². The van der Waals surface area contributed by atoms with Crippen LogP contribution >= 0.6 is 0 Å². The predicted octanol–water partition coefficient (Wildman–Crippen LogP) is -0.245. The van der Waals surface area contributed by atoms with E-state index in [0.717, 1.165) is 13.0 Å². The van der Waals surface area contributed by atoms with Crippen LogP contribution in [0, 0.1) is 11.8 Å². The van der Waals surface area contributed by atoms with E-state index in [4.69, 9.17) is 5.11 Å². The molecule has 0 radical (unpaired) electrons. The van der Waals surface area contributed by atoms with Crippen molar-refractivity contribution in [2.24, 2.45) is 11.8 Å². The Morgan fingerprint density at radius 3 is 2.70 bits per heavy atom. The first-order valence-corrected chi connectivity index (χ1v) is 7.06. The smallest absolute Gasteiger partial charge is 0.404 e. The summed E-state index contributed by atoms with van der Waals surface area (Å²) >= 11 is 0. The molecule has 0 spiro atoms. The van der Waals surface area contributed by atoms with Gasteiger partial charge in [0.15, 0.2) is 0 Å². The zero-order chi connectivity index (χ0) is 15.1. The molecule has 2 amide bonds. The molecular weight excluding hydrogens is 262 g/mol. The van der Waals surface area contributed by atoms with Crippen molar-refractivity contribution in [2.45, 2.75) is 38.8 Å². The Balaban J connectivity index is 2.25. The fraction of sp³-hybridized carbons (Fsp3) is 0.846. The van der Waals surface area contributed by atoms with Crippen LogP contribution in [-0.2, 0) is 4.79 Å². The maximum Gasteiger partial charge on any atom is 0.404 e. The molecule has 1 fully saturated rings. The van der Waals surface area contributed by atoms with Crippen molar-refractivity contribution in [3.63, 3.8) is 0 Å². The summed E-state index contributed by atoms with van der Waals surface area (Å²) in [6.07, 6.45) is -0.446. The van der Waals surface area contributed by atoms with E-state index in [9.17, 15) is 14.7 Å². The number of aliphatic hydroxyl groups is 1. The normalized spacial score (nSPS) is 22.9. The number of aliphatic hydroxyl groups excluding tert-OH is 1. The minimum Gasteiger partial charge on any atom is -0.465 e. The Morgan fingerprint density at radius 1 is 1.50 bits per heavy atom. The van der Waals surface area contributed by atoms with Gasteiger partial charge in [0.2, 0.25) is 5.91 Å². The van der Waals surface area contributed by atoms with E-state index in [-0.39, 0.29) is 17.7 Å². The van der Waals surface area contributed by atoms with Gasteiger partial charge in [-0.25, -0.2) is 4.79 Å². The van der Waals surface area contributed by atoms with Gasteiger partial charge in [0, 0.05) is 13.1 Å². The fourth-order valence-corrected chi connectivity index (χ4v) is 2.40. The molecule has 1 heterocycles. The predicted molar refractivity (Wildman–Crippen MR) is 74.4 cm³/mol. The summed E-state index contributed by atoms with van der Waals surface area (Å²) < 4.78 is 0. The van der Waals surface area contributed by atoms with Gasteiger partial charge < -0.3 is 26.2 Å². The molecule has 1 rings (SSSR count). The molecule has 1 aliphatic heterocycles. The van der Waals surface area contributed by atoms with Crippen molar-refractivity contribution in [3.05, 3.63) is 0 Å². The summed E-state index contributed by atoms with van der Waals surface area (Å²) in [7, 11) is 0. The number of carbonyl (C=O) groups is 2. The first-order chi connectivity index (χ1) is 9.40. The van der Waals surface area contributed by atoms with E-state index in [1.165, 1.54) is 0 Å². The monoisotopic (exact) mass is 287 g/mol. The molecule has 2 unspecified atom stereocenters. The minimum absolute atomic E-state index is 0.0342. The summed E-state index contributed by atoms with van der Waals surface area (Å²) in [6.45, 7) is 5.63. The molecule has 0 aromatic carbocycles. The highest BCUT2D eigenvalue weighted by atomic mass is 16.4. The summed E-state index contributed by atoms with van der Waals surface area (Å²) in [5, 5.41) is 26.6. The molecular formula is C13H25N3O4. The van der Waals surface area contributed by atoms with Gasteiger partial charge in [-0.1, -0.05) is 6.92 Å². The number of rotatable bonds is 8. The Bertz CT molecular complexity index is 336. The Kier molecular flexibility index (Phi) is 6.74. The number of carboxylic acid groups (broad SMARTS) is 1. The molecule has 20 heavy (non-hydrogen) atoms. The molecule has 5 N–H and O–H groups in total. The molecule has 0 aromatic heterocycles. The van der Waals surface area contributed by atoms with Crippen LogP contribution in [0.25, 0.3) is 0 Å². The second kappa shape index (κ2) is 8.06. The van der Waals surface area contributed by atoms with Crippen LogP contribution in [0.2, 0.25) is 0 Å². The maximum atomic E-state index is 11.4. The van der Waals surface area contributed by atoms with Crippen LogP contribution in [0.1, 0.15) is 26.7 Å². The summed E-state index contributed by atoms with van der Waals surface area (Å²) in [5.41, 5.74) is 0. The van der Waals surface area contributed by atoms with E-state index >= 15 is 0 Å². The van der Waals surface area contributed by atoms with Crippen LogP contribution in [0.4, 0.5) is 4.79 Å². The number of hydrogen-bond donors (Lipinski definition) is 5. The Morgan fingerprint density at radius 2 is 2.20 bits per heavy atom. The maximum absolute atomic E-state index is 11.4. The lowest BCUT2D eigenvalue weighted by molar-refractivity contribution is -0.122. The molecule has 4 atom stereocenters. The first kappa shape index (κ1) is 16.7. The third-order valence-corrected chi connectivity index (χ3v) is 3.59. The van der Waals surface area contributed by atoms with Crippen molar-refractivity contribution in [1.29, 1.82) is 0 Å². The lowest BCUT2D eigenvalue weighted by atomic mass is 9.98. The number of nitrogens with one attached hydrogen (secondary N) is 3. The van der Waals surface area contributed by atoms with E-state index in [1.807, 2.05) is 6.92 Å². The van der Waals surface area contributed by atoms with Gasteiger partial charge in [-0.3, -0.25) is 4.79 Å². The average Bonchev–Trinajstić information content (AvgIpc) is 2.73. The van der Waals surface area contributed by atoms with Crippen LogP contribution in [0.15, 0.2) is 0 Å². The van der Waals surface area contributed by atoms with Gasteiger partial charge in [0.1, 0.15) is 0 Å². The highest BCUT2D eigenvalue weighted by Gasteiger charge is 2.24. The number of carbonyl (C=O) groups excluding carboxylic acids is 1. The summed E-state index contributed by atoms with van der Waals surface area (Å²) in [5.74, 6) is 0.331. The van der Waals surface area contributed by atoms with Gasteiger partial charge in [0.25, 0.3) is 0 Å². The lowest BCUT2D eigenvalue weighted by Crippen LogP contribution is -2.43. The SMILES string of the molecule is CC(CNC[C@@H]1CCNC1=O)C[C@@H](NC(=O)O)C(C)O. The van der Waals surface area contributed by atoms with Gasteiger partial charge in [-0.15, -0.1) is 0 Å². The number of amides is 2. The zero-order valence-electron chi connectivity index (χ0n) is 12.1. The molecule has 0 saturated carbocycles. The van der Waals surface area contributed by atoms with E-state index in [0.29, 0.717) is 19.5 Å². The molecule has 7 heteroatoms. The Hall–Kier alpha value is -1.34. The second-order valence-electron chi connectivity index (χ2n) is 5.57. The average molecular weight is 287 g/mol. The largest absolute Gasteiger partial charge is 0.465 e. The standard InChI is InChI=1S/C13H25N3O4/c1-8(5-11(9(2)17)16-13(19)20)6-14-7-10-3-4-15-12(10)18/h8-11,14,16-17H,3-7H2,1-2H3,(H,15,18)(H,19,20)/t8?,9?,10-,11+/m0/s1. The lowest BCUT2D eigenvalue weighted by Gasteiger charge is -2.23. The highest BCUT2D eigenvalue weighted by molar-refractivity contribution is 5.80. The topological polar surface area (TPSA) is 111 Å². The number of hydrogen-bond acceptors (Lipinski definition) is 4. The third kappa shape index (κ3) is 5.75. The van der Waals surface area contributed by atoms with Crippen LogP contribution in [-0.4, -0.2) is 54.0 Å². The molecule has 0 bridgehead atoms. The van der Waals surface area contributed by atoms with Crippen LogP contribution in [0.3, 0.4) is 0 Å². The molecule has 1 saturated heterocycles. The molecule has 0 aliphatic carbocycles. The van der Waals surface area contributed by atoms with Crippen molar-refractivity contribution < 1.29 is 19.8 Å². The van der Waals surface area contributed by atoms with Crippen LogP contribution < -0.4 is 16.0 Å². The summed E-state index contributed by atoms with van der Waals surface area (Å²) in [6, 6.07) is -0.473. The molecule has 1 aliphatic rings. The van der Waals surface area contributed by atoms with Crippen molar-refractivity contribution in [2.75, 3.05) is 19.6 Å². The fourth-order valence-electron chi connectivity index (χ4n) is 2.40. The van der Waals surface area contributed by atoms with Crippen molar-refractivity contribution in [1.82, 2.24) is 16.0 Å². The van der Waals surface area contributed by atoms with Gasteiger partial charge in [-0.2, -0.15) is 0 Å². The van der Waals surface area contributed by atoms with Gasteiger partial charge in [-0.05, 0) is 32.2 Å². The van der Waals surface area contributed by atoms with Crippen molar-refractivity contribution in [3.8, 4) is 0 Å². The van der Waals surface area contributed by atoms with Gasteiger partial charge in [0.05, 0.1) is 18.1 Å². The van der Waals surface area contributed by atoms with Crippen LogP contribution in [0.5, 0.6) is 0 Å². The molecule has 116 valence electrons. The molecule has 7 nitrogen and oxygen atoms in total. The quantitative estimate of drug-likeness (QED) is 0.423. The van der Waals surface area contributed by atoms with Crippen molar-refractivity contribution >= 4 is 12.0 Å². The van der Waals surface area contributed by atoms with E-state index in [2.05, 4.69) is 16.0 Å². The minimum atomic E-state index is -1.13. The second-order valence-corrected chi connectivity index (χ2v) is 5.57.